The van der Waals surface area contributed by atoms with Crippen LogP contribution in [0, 0.1) is 5.41 Å². The van der Waals surface area contributed by atoms with Crippen molar-refractivity contribution in [3.05, 3.63) is 0 Å². The number of rotatable bonds is 7. The smallest absolute Gasteiger partial charge is 0.0532 e. The molecule has 0 saturated carbocycles. The van der Waals surface area contributed by atoms with Gasteiger partial charge in [0.1, 0.15) is 0 Å². The molecule has 0 fully saturated rings. The maximum Gasteiger partial charge on any atom is 0.0532 e. The van der Waals surface area contributed by atoms with Crippen LogP contribution in [0.4, 0.5) is 0 Å². The zero-order valence-corrected chi connectivity index (χ0v) is 7.49. The van der Waals surface area contributed by atoms with Crippen LogP contribution in [0.25, 0.3) is 0 Å². The number of ether oxygens (including phenoxy) is 1. The van der Waals surface area contributed by atoms with Gasteiger partial charge in [-0.3, -0.25) is 0 Å². The molecule has 0 rings (SSSR count). The van der Waals surface area contributed by atoms with Crippen molar-refractivity contribution in [1.82, 2.24) is 0 Å². The fraction of sp³-hybridized carbons (Fsp3) is 1.00. The third-order valence-electron chi connectivity index (χ3n) is 1.99. The predicted molar refractivity (Wildman–Crippen MR) is 44.8 cm³/mol. The highest BCUT2D eigenvalue weighted by atomic mass is 16.5. The largest absolute Gasteiger partial charge is 0.396 e. The standard InChI is InChI=1S/C8H18O4/c1-2-12-4-3-8(5-9,6-10)7-11/h9-11H,2-7H2,1H3. The molecule has 0 aliphatic rings. The van der Waals surface area contributed by atoms with Crippen molar-refractivity contribution in [3.8, 4) is 0 Å². The molecule has 74 valence electrons. The Kier molecular flexibility index (Phi) is 6.28. The number of hydrogen-bond acceptors (Lipinski definition) is 4. The fourth-order valence-electron chi connectivity index (χ4n) is 0.820. The molecule has 0 aromatic heterocycles. The second-order valence-corrected chi connectivity index (χ2v) is 2.92. The first-order chi connectivity index (χ1) is 5.74. The SMILES string of the molecule is CCOCCC(CO)(CO)CO. The van der Waals surface area contributed by atoms with E-state index in [1.807, 2.05) is 6.92 Å². The summed E-state index contributed by atoms with van der Waals surface area (Å²) in [5.74, 6) is 0. The predicted octanol–water partition coefficient (Wildman–Crippen LogP) is -0.624. The van der Waals surface area contributed by atoms with Crippen molar-refractivity contribution in [1.29, 1.82) is 0 Å². The normalized spacial score (nSPS) is 12.0. The van der Waals surface area contributed by atoms with Crippen LogP contribution in [0.1, 0.15) is 13.3 Å². The summed E-state index contributed by atoms with van der Waals surface area (Å²) in [6.07, 6.45) is 0.477. The van der Waals surface area contributed by atoms with E-state index < -0.39 is 5.41 Å². The van der Waals surface area contributed by atoms with Gasteiger partial charge >= 0.3 is 0 Å². The van der Waals surface area contributed by atoms with Crippen molar-refractivity contribution < 1.29 is 20.1 Å². The molecule has 0 unspecified atom stereocenters. The lowest BCUT2D eigenvalue weighted by molar-refractivity contribution is -0.0199. The van der Waals surface area contributed by atoms with E-state index in [-0.39, 0.29) is 19.8 Å². The molecule has 0 aromatic rings. The Bertz CT molecular complexity index is 93.0. The van der Waals surface area contributed by atoms with Crippen molar-refractivity contribution >= 4 is 0 Å². The summed E-state index contributed by atoms with van der Waals surface area (Å²) in [4.78, 5) is 0. The number of hydrogen-bond donors (Lipinski definition) is 3. The molecular weight excluding hydrogens is 160 g/mol. The van der Waals surface area contributed by atoms with Crippen LogP contribution < -0.4 is 0 Å². The highest BCUT2D eigenvalue weighted by Gasteiger charge is 2.27. The minimum absolute atomic E-state index is 0.215. The van der Waals surface area contributed by atoms with Gasteiger partial charge in [-0.25, -0.2) is 0 Å². The lowest BCUT2D eigenvalue weighted by atomic mass is 9.88. The summed E-state index contributed by atoms with van der Waals surface area (Å²) in [6, 6.07) is 0. The van der Waals surface area contributed by atoms with Crippen molar-refractivity contribution in [2.75, 3.05) is 33.0 Å². The van der Waals surface area contributed by atoms with E-state index in [2.05, 4.69) is 0 Å². The Hall–Kier alpha value is -0.160. The minimum atomic E-state index is -0.783. The average Bonchev–Trinajstić information content (AvgIpc) is 2.14. The third-order valence-corrected chi connectivity index (χ3v) is 1.99. The Morgan fingerprint density at radius 2 is 1.58 bits per heavy atom. The van der Waals surface area contributed by atoms with Gasteiger partial charge in [0.2, 0.25) is 0 Å². The molecule has 0 radical (unpaired) electrons. The van der Waals surface area contributed by atoms with Gasteiger partial charge in [-0.2, -0.15) is 0 Å². The van der Waals surface area contributed by atoms with E-state index >= 15 is 0 Å². The topological polar surface area (TPSA) is 69.9 Å². The lowest BCUT2D eigenvalue weighted by Crippen LogP contribution is -2.35. The molecule has 0 aromatic carbocycles. The molecule has 0 spiro atoms. The van der Waals surface area contributed by atoms with Crippen LogP contribution >= 0.6 is 0 Å². The van der Waals surface area contributed by atoms with Crippen LogP contribution in [-0.2, 0) is 4.74 Å². The summed E-state index contributed by atoms with van der Waals surface area (Å²) in [7, 11) is 0. The van der Waals surface area contributed by atoms with E-state index in [4.69, 9.17) is 20.1 Å². The molecule has 4 heteroatoms. The maximum atomic E-state index is 8.90. The zero-order valence-electron chi connectivity index (χ0n) is 7.49. The van der Waals surface area contributed by atoms with Gasteiger partial charge in [-0.05, 0) is 13.3 Å². The van der Waals surface area contributed by atoms with E-state index in [1.165, 1.54) is 0 Å². The zero-order chi connectivity index (χ0) is 9.45. The minimum Gasteiger partial charge on any atom is -0.396 e. The van der Waals surface area contributed by atoms with Crippen LogP contribution in [0.5, 0.6) is 0 Å². The van der Waals surface area contributed by atoms with E-state index in [9.17, 15) is 0 Å². The summed E-state index contributed by atoms with van der Waals surface area (Å²) in [6.45, 7) is 2.29. The van der Waals surface area contributed by atoms with Crippen molar-refractivity contribution in [2.45, 2.75) is 13.3 Å². The second kappa shape index (κ2) is 6.37. The van der Waals surface area contributed by atoms with Crippen LogP contribution in [0.2, 0.25) is 0 Å². The van der Waals surface area contributed by atoms with E-state index in [1.54, 1.807) is 0 Å². The molecule has 4 nitrogen and oxygen atoms in total. The van der Waals surface area contributed by atoms with Gasteiger partial charge in [0.15, 0.2) is 0 Å². The van der Waals surface area contributed by atoms with Gasteiger partial charge in [0, 0.05) is 18.6 Å². The molecule has 0 heterocycles. The Morgan fingerprint density at radius 3 is 1.92 bits per heavy atom. The average molecular weight is 178 g/mol. The van der Waals surface area contributed by atoms with Gasteiger partial charge < -0.3 is 20.1 Å². The Labute approximate surface area is 72.8 Å². The second-order valence-electron chi connectivity index (χ2n) is 2.92. The third kappa shape index (κ3) is 3.49. The van der Waals surface area contributed by atoms with Crippen molar-refractivity contribution in [3.63, 3.8) is 0 Å². The molecule has 12 heavy (non-hydrogen) atoms. The Balaban J connectivity index is 3.76. The molecule has 0 aliphatic heterocycles. The first-order valence-corrected chi connectivity index (χ1v) is 4.15. The van der Waals surface area contributed by atoms with E-state index in [0.717, 1.165) is 0 Å². The number of aliphatic hydroxyl groups is 3. The monoisotopic (exact) mass is 178 g/mol. The molecule has 0 atom stereocenters. The summed E-state index contributed by atoms with van der Waals surface area (Å²) >= 11 is 0. The molecular formula is C8H18O4. The molecule has 0 saturated heterocycles. The highest BCUT2D eigenvalue weighted by Crippen LogP contribution is 2.19. The van der Waals surface area contributed by atoms with Crippen molar-refractivity contribution in [2.24, 2.45) is 5.41 Å². The van der Waals surface area contributed by atoms with Crippen LogP contribution in [0.15, 0.2) is 0 Å². The Morgan fingerprint density at radius 1 is 1.08 bits per heavy atom. The molecule has 0 aliphatic carbocycles. The lowest BCUT2D eigenvalue weighted by Gasteiger charge is -2.26. The first-order valence-electron chi connectivity index (χ1n) is 4.15. The molecule has 0 bridgehead atoms. The summed E-state index contributed by atoms with van der Waals surface area (Å²) in [5.41, 5.74) is -0.783. The molecule has 3 N–H and O–H groups in total. The van der Waals surface area contributed by atoms with Gasteiger partial charge in [-0.15, -0.1) is 0 Å². The first kappa shape index (κ1) is 11.8. The van der Waals surface area contributed by atoms with Gasteiger partial charge in [-0.1, -0.05) is 0 Å². The van der Waals surface area contributed by atoms with Gasteiger partial charge in [0.25, 0.3) is 0 Å². The fourth-order valence-corrected chi connectivity index (χ4v) is 0.820. The van der Waals surface area contributed by atoms with Crippen LogP contribution in [-0.4, -0.2) is 48.4 Å². The summed E-state index contributed by atoms with van der Waals surface area (Å²) < 4.78 is 5.06. The van der Waals surface area contributed by atoms with E-state index in [0.29, 0.717) is 19.6 Å². The summed E-state index contributed by atoms with van der Waals surface area (Å²) in [5, 5.41) is 26.7. The highest BCUT2D eigenvalue weighted by molar-refractivity contribution is 4.76. The molecule has 0 amide bonds. The van der Waals surface area contributed by atoms with Gasteiger partial charge in [0.05, 0.1) is 19.8 Å². The quantitative estimate of drug-likeness (QED) is 0.454. The van der Waals surface area contributed by atoms with Crippen LogP contribution in [0.3, 0.4) is 0 Å². The number of aliphatic hydroxyl groups excluding tert-OH is 3. The maximum absolute atomic E-state index is 8.90.